The van der Waals surface area contributed by atoms with Crippen LogP contribution in [0.15, 0.2) is 70.1 Å². The number of amides is 1. The molecular weight excluding hydrogens is 543 g/mol. The zero-order valence-electron chi connectivity index (χ0n) is 20.4. The number of aromatic amines is 1. The predicted molar refractivity (Wildman–Crippen MR) is 146 cm³/mol. The summed E-state index contributed by atoms with van der Waals surface area (Å²) in [5.74, 6) is 0.160. The molecule has 11 nitrogen and oxygen atoms in total. The van der Waals surface area contributed by atoms with E-state index in [0.717, 1.165) is 0 Å². The Kier molecular flexibility index (Phi) is 6.01. The second-order valence-electron chi connectivity index (χ2n) is 8.64. The molecule has 4 heterocycles. The van der Waals surface area contributed by atoms with Gasteiger partial charge in [-0.2, -0.15) is 19.9 Å². The summed E-state index contributed by atoms with van der Waals surface area (Å²) in [6.45, 7) is 3.39. The fourth-order valence-corrected chi connectivity index (χ4v) is 4.54. The molecule has 39 heavy (non-hydrogen) atoms. The van der Waals surface area contributed by atoms with Gasteiger partial charge in [0.25, 0.3) is 11.5 Å². The Balaban J connectivity index is 1.41. The van der Waals surface area contributed by atoms with Gasteiger partial charge in [0.15, 0.2) is 5.65 Å². The number of hydrogen-bond donors (Lipinski definition) is 2. The summed E-state index contributed by atoms with van der Waals surface area (Å²) in [7, 11) is 0. The highest BCUT2D eigenvalue weighted by Crippen LogP contribution is 2.31. The molecule has 0 radical (unpaired) electrons. The van der Waals surface area contributed by atoms with Crippen LogP contribution in [0.1, 0.15) is 21.8 Å². The zero-order chi connectivity index (χ0) is 27.3. The van der Waals surface area contributed by atoms with Crippen molar-refractivity contribution in [3.05, 3.63) is 98.2 Å². The fourth-order valence-electron chi connectivity index (χ4n) is 4.18. The lowest BCUT2D eigenvalue weighted by Crippen LogP contribution is -2.19. The van der Waals surface area contributed by atoms with Crippen molar-refractivity contribution < 1.29 is 9.32 Å². The van der Waals surface area contributed by atoms with E-state index in [0.29, 0.717) is 44.1 Å². The molecule has 2 N–H and O–H groups in total. The largest absolute Gasteiger partial charge is 0.360 e. The molecule has 0 atom stereocenters. The average Bonchev–Trinajstić information content (AvgIpc) is 3.61. The molecular formula is C26H18Cl2N8O3. The van der Waals surface area contributed by atoms with E-state index in [4.69, 9.17) is 27.7 Å². The van der Waals surface area contributed by atoms with Crippen molar-refractivity contribution in [3.63, 3.8) is 0 Å². The number of halogens is 2. The number of aryl methyl sites for hydroxylation is 2. The Morgan fingerprint density at radius 3 is 2.59 bits per heavy atom. The van der Waals surface area contributed by atoms with Gasteiger partial charge in [-0.3, -0.25) is 14.6 Å². The molecule has 13 heteroatoms. The predicted octanol–water partition coefficient (Wildman–Crippen LogP) is 5.13. The molecule has 1 amide bonds. The molecule has 0 saturated carbocycles. The number of aromatic nitrogens is 7. The highest BCUT2D eigenvalue weighted by atomic mass is 35.5. The lowest BCUT2D eigenvalue weighted by atomic mass is 10.1. The lowest BCUT2D eigenvalue weighted by molar-refractivity contribution is 0.102. The summed E-state index contributed by atoms with van der Waals surface area (Å²) in [4.78, 5) is 33.8. The first-order valence-corrected chi connectivity index (χ1v) is 12.4. The van der Waals surface area contributed by atoms with Crippen LogP contribution < -0.4 is 10.9 Å². The number of hydrogen-bond acceptors (Lipinski definition) is 7. The van der Waals surface area contributed by atoms with Gasteiger partial charge in [0.05, 0.1) is 22.6 Å². The molecule has 0 unspecified atom stereocenters. The van der Waals surface area contributed by atoms with Crippen molar-refractivity contribution in [1.29, 1.82) is 0 Å². The highest BCUT2D eigenvalue weighted by molar-refractivity contribution is 6.33. The van der Waals surface area contributed by atoms with Crippen molar-refractivity contribution in [3.8, 4) is 22.9 Å². The summed E-state index contributed by atoms with van der Waals surface area (Å²) in [6, 6.07) is 15.6. The fraction of sp³-hybridized carbons (Fsp3) is 0.0769. The van der Waals surface area contributed by atoms with Gasteiger partial charge in [0, 0.05) is 16.7 Å². The minimum Gasteiger partial charge on any atom is -0.360 e. The quantitative estimate of drug-likeness (QED) is 0.298. The topological polar surface area (TPSA) is 137 Å². The van der Waals surface area contributed by atoms with Crippen molar-refractivity contribution in [1.82, 2.24) is 34.7 Å². The Labute approximate surface area is 230 Å². The number of H-pyrrole nitrogens is 1. The Bertz CT molecular complexity index is 1940. The molecule has 4 aromatic heterocycles. The first-order chi connectivity index (χ1) is 18.8. The van der Waals surface area contributed by atoms with Crippen LogP contribution in [0.4, 0.5) is 5.82 Å². The smallest absolute Gasteiger partial charge is 0.263 e. The summed E-state index contributed by atoms with van der Waals surface area (Å²) in [6.07, 6.45) is 1.43. The number of benzene rings is 2. The maximum atomic E-state index is 13.5. The summed E-state index contributed by atoms with van der Waals surface area (Å²) in [5.41, 5.74) is 2.20. The van der Waals surface area contributed by atoms with Gasteiger partial charge in [-0.05, 0) is 44.2 Å². The van der Waals surface area contributed by atoms with E-state index in [2.05, 4.69) is 30.6 Å². The first kappa shape index (κ1) is 24.6. The zero-order valence-corrected chi connectivity index (χ0v) is 21.9. The molecule has 2 aromatic carbocycles. The van der Waals surface area contributed by atoms with E-state index in [1.54, 1.807) is 68.4 Å². The third kappa shape index (κ3) is 4.37. The second-order valence-corrected chi connectivity index (χ2v) is 9.48. The maximum Gasteiger partial charge on any atom is 0.263 e. The van der Waals surface area contributed by atoms with Crippen LogP contribution in [0.25, 0.3) is 33.9 Å². The molecule has 194 valence electrons. The van der Waals surface area contributed by atoms with E-state index >= 15 is 0 Å². The number of rotatable bonds is 5. The first-order valence-electron chi connectivity index (χ1n) is 11.6. The maximum absolute atomic E-state index is 13.5. The van der Waals surface area contributed by atoms with E-state index in [1.807, 2.05) is 0 Å². The lowest BCUT2D eigenvalue weighted by Gasteiger charge is -2.09. The van der Waals surface area contributed by atoms with Gasteiger partial charge >= 0.3 is 0 Å². The van der Waals surface area contributed by atoms with Gasteiger partial charge < -0.3 is 9.84 Å². The number of anilines is 1. The molecule has 6 aromatic rings. The standard InChI is InChI=1S/C26H18Cl2N8O3/c1-13-11-20(30-25(38)21-14(2)39-34-22(21)17-5-3-4-6-19(17)28)36(33-13)26-31-23-18(24(37)32-26)12-29-35(23)16-9-7-15(27)8-10-16/h3-12H,1-2H3,(H,30,38)(H,31,32,37). The number of nitrogens with zero attached hydrogens (tertiary/aromatic N) is 6. The number of carbonyl (C=O) groups is 1. The minimum absolute atomic E-state index is 0.0833. The number of fused-ring (bicyclic) bond motifs is 1. The van der Waals surface area contributed by atoms with Gasteiger partial charge in [0.2, 0.25) is 5.95 Å². The summed E-state index contributed by atoms with van der Waals surface area (Å²) < 4.78 is 8.19. The van der Waals surface area contributed by atoms with E-state index < -0.39 is 11.5 Å². The Morgan fingerprint density at radius 1 is 1.05 bits per heavy atom. The van der Waals surface area contributed by atoms with Crippen LogP contribution in [-0.2, 0) is 0 Å². The Morgan fingerprint density at radius 2 is 1.82 bits per heavy atom. The van der Waals surface area contributed by atoms with Gasteiger partial charge in [-0.25, -0.2) is 4.68 Å². The third-order valence-corrected chi connectivity index (χ3v) is 6.57. The van der Waals surface area contributed by atoms with Crippen molar-refractivity contribution in [2.45, 2.75) is 13.8 Å². The van der Waals surface area contributed by atoms with Gasteiger partial charge in [0.1, 0.15) is 28.2 Å². The van der Waals surface area contributed by atoms with Crippen LogP contribution in [0.5, 0.6) is 0 Å². The summed E-state index contributed by atoms with van der Waals surface area (Å²) >= 11 is 12.4. The van der Waals surface area contributed by atoms with E-state index in [-0.39, 0.29) is 22.7 Å². The van der Waals surface area contributed by atoms with Crippen LogP contribution in [0, 0.1) is 13.8 Å². The van der Waals surface area contributed by atoms with Gasteiger partial charge in [-0.15, -0.1) is 0 Å². The molecule has 0 spiro atoms. The Hall–Kier alpha value is -4.74. The normalized spacial score (nSPS) is 11.3. The van der Waals surface area contributed by atoms with Crippen LogP contribution in [-0.4, -0.2) is 40.6 Å². The highest BCUT2D eigenvalue weighted by Gasteiger charge is 2.25. The molecule has 0 bridgehead atoms. The van der Waals surface area contributed by atoms with Crippen LogP contribution >= 0.6 is 23.2 Å². The minimum atomic E-state index is -0.501. The average molecular weight is 561 g/mol. The molecule has 0 saturated heterocycles. The van der Waals surface area contributed by atoms with Crippen molar-refractivity contribution in [2.75, 3.05) is 5.32 Å². The third-order valence-electron chi connectivity index (χ3n) is 5.99. The number of nitrogens with one attached hydrogen (secondary N) is 2. The molecule has 0 fully saturated rings. The molecule has 0 aliphatic rings. The molecule has 0 aliphatic heterocycles. The SMILES string of the molecule is Cc1cc(NC(=O)c2c(-c3ccccc3Cl)noc2C)n(-c2nc3c(cnn3-c3ccc(Cl)cc3)c(=O)[nH]2)n1. The van der Waals surface area contributed by atoms with Crippen molar-refractivity contribution >= 4 is 46.0 Å². The molecule has 0 aliphatic carbocycles. The van der Waals surface area contributed by atoms with Crippen LogP contribution in [0.2, 0.25) is 10.0 Å². The molecule has 6 rings (SSSR count). The van der Waals surface area contributed by atoms with E-state index in [9.17, 15) is 9.59 Å². The summed E-state index contributed by atoms with van der Waals surface area (Å²) in [5, 5.41) is 16.9. The van der Waals surface area contributed by atoms with Crippen LogP contribution in [0.3, 0.4) is 0 Å². The monoisotopic (exact) mass is 560 g/mol. The van der Waals surface area contributed by atoms with E-state index in [1.165, 1.54) is 15.6 Å². The number of carbonyl (C=O) groups excluding carboxylic acids is 1. The second kappa shape index (κ2) is 9.53. The van der Waals surface area contributed by atoms with Gasteiger partial charge in [-0.1, -0.05) is 46.6 Å². The van der Waals surface area contributed by atoms with Crippen molar-refractivity contribution in [2.24, 2.45) is 0 Å².